The van der Waals surface area contributed by atoms with Crippen molar-refractivity contribution < 1.29 is 31.6 Å². The first-order valence-electron chi connectivity index (χ1n) is 2.98. The first-order chi connectivity index (χ1) is 6.45. The summed E-state index contributed by atoms with van der Waals surface area (Å²) < 4.78 is 15.8. The van der Waals surface area contributed by atoms with E-state index in [0.717, 1.165) is 0 Å². The molecule has 0 fully saturated rings. The molecule has 0 aliphatic rings. The molecule has 0 saturated carbocycles. The van der Waals surface area contributed by atoms with Crippen molar-refractivity contribution in [2.24, 2.45) is 0 Å². The number of phenolic OH excluding ortho intramolecular Hbond substituents is 1. The van der Waals surface area contributed by atoms with Gasteiger partial charge in [0.15, 0.2) is 0 Å². The third-order valence-electron chi connectivity index (χ3n) is 1.08. The molecule has 0 aliphatic heterocycles. The van der Waals surface area contributed by atoms with Crippen molar-refractivity contribution in [3.8, 4) is 5.75 Å². The molecule has 0 aliphatic carbocycles. The fourth-order valence-electron chi connectivity index (χ4n) is 0.560. The molecule has 1 rings (SSSR count). The molecule has 0 amide bonds. The number of aromatic hydroxyl groups is 1. The molecule has 0 aromatic heterocycles. The van der Waals surface area contributed by atoms with Gasteiger partial charge in [0, 0.05) is 6.07 Å². The molecule has 0 bridgehead atoms. The Bertz CT molecular complexity index is 318. The van der Waals surface area contributed by atoms with Gasteiger partial charge in [-0.25, -0.2) is 0 Å². The molecular weight excluding hydrogens is 310 g/mol. The van der Waals surface area contributed by atoms with Crippen LogP contribution in [0.1, 0.15) is 0 Å². The number of hydrogen-bond acceptors (Lipinski definition) is 2. The van der Waals surface area contributed by atoms with Crippen LogP contribution in [0.3, 0.4) is 0 Å². The van der Waals surface area contributed by atoms with E-state index in [1.165, 1.54) is 6.07 Å². The number of rotatable bonds is 0. The zero-order chi connectivity index (χ0) is 11.3. The zero-order valence-corrected chi connectivity index (χ0v) is 11.0. The first kappa shape index (κ1) is 14.7. The molecular formula is C6H3Cl4O3Ti. The van der Waals surface area contributed by atoms with E-state index in [1.54, 1.807) is 0 Å². The van der Waals surface area contributed by atoms with E-state index in [4.69, 9.17) is 58.5 Å². The van der Waals surface area contributed by atoms with E-state index in [9.17, 15) is 0 Å². The van der Waals surface area contributed by atoms with Crippen LogP contribution in [-0.4, -0.2) is 8.79 Å². The van der Waals surface area contributed by atoms with Crippen LogP contribution < -0.4 is 0 Å². The van der Waals surface area contributed by atoms with E-state index in [-0.39, 0.29) is 25.8 Å². The monoisotopic (exact) mass is 311 g/mol. The fraction of sp³-hybridized carbons (Fsp3) is 0. The average Bonchev–Trinajstić information content (AvgIpc) is 2.13. The summed E-state index contributed by atoms with van der Waals surface area (Å²) in [6.45, 7) is 0. The second-order valence-electron chi connectivity index (χ2n) is 1.91. The summed E-state index contributed by atoms with van der Waals surface area (Å²) in [6.07, 6.45) is 0. The average molecular weight is 313 g/mol. The Hall–Kier alpha value is 0.654. The van der Waals surface area contributed by atoms with Crippen molar-refractivity contribution >= 4 is 46.4 Å². The minimum absolute atomic E-state index is 0.0149. The molecule has 0 heterocycles. The van der Waals surface area contributed by atoms with Gasteiger partial charge in [0.25, 0.3) is 0 Å². The molecule has 0 atom stereocenters. The molecule has 1 aromatic rings. The van der Waals surface area contributed by atoms with E-state index < -0.39 is 19.5 Å². The van der Waals surface area contributed by atoms with Crippen molar-refractivity contribution in [3.63, 3.8) is 0 Å². The van der Waals surface area contributed by atoms with E-state index in [0.29, 0.717) is 0 Å². The van der Waals surface area contributed by atoms with Crippen molar-refractivity contribution in [3.05, 3.63) is 26.2 Å². The Kier molecular flexibility index (Phi) is 7.34. The van der Waals surface area contributed by atoms with Gasteiger partial charge in [-0.1, -0.05) is 46.4 Å². The number of phenols is 1. The summed E-state index contributed by atoms with van der Waals surface area (Å²) in [5, 5.41) is 9.46. The maximum absolute atomic E-state index is 9.05. The van der Waals surface area contributed by atoms with Crippen LogP contribution in [0, 0.1) is 0 Å². The second kappa shape index (κ2) is 7.02. The van der Waals surface area contributed by atoms with Gasteiger partial charge in [0.05, 0.1) is 15.1 Å². The van der Waals surface area contributed by atoms with Gasteiger partial charge >= 0.3 is 26.5 Å². The molecule has 1 aromatic carbocycles. The first-order valence-corrected chi connectivity index (χ1v) is 5.83. The van der Waals surface area contributed by atoms with Crippen molar-refractivity contribution in [2.45, 2.75) is 0 Å². The zero-order valence-electron chi connectivity index (χ0n) is 6.39. The third-order valence-corrected chi connectivity index (χ3v) is 2.82. The molecule has 0 radical (unpaired) electrons. The fourth-order valence-corrected chi connectivity index (χ4v) is 1.35. The number of halogens is 4. The molecule has 14 heavy (non-hydrogen) atoms. The van der Waals surface area contributed by atoms with Crippen LogP contribution >= 0.6 is 46.4 Å². The SMILES string of the molecule is Oc1cc(Cl)c(Cl)c(Cl)c1Cl.[O]=[Ti][OH]. The van der Waals surface area contributed by atoms with Gasteiger partial charge in [0.1, 0.15) is 10.8 Å². The molecule has 77 valence electrons. The van der Waals surface area contributed by atoms with Crippen LogP contribution in [-0.2, 0) is 22.8 Å². The summed E-state index contributed by atoms with van der Waals surface area (Å²) in [7, 11) is 0. The predicted octanol–water partition coefficient (Wildman–Crippen LogP) is 3.33. The minimum atomic E-state index is -1.75. The predicted molar refractivity (Wildman–Crippen MR) is 51.1 cm³/mol. The molecule has 8 heteroatoms. The van der Waals surface area contributed by atoms with Crippen molar-refractivity contribution in [1.29, 1.82) is 0 Å². The van der Waals surface area contributed by atoms with Gasteiger partial charge in [-0.2, -0.15) is 0 Å². The molecule has 2 N–H and O–H groups in total. The maximum atomic E-state index is 9.05. The number of benzene rings is 1. The van der Waals surface area contributed by atoms with Crippen molar-refractivity contribution in [1.82, 2.24) is 0 Å². The second-order valence-corrected chi connectivity index (χ2v) is 3.74. The Balaban J connectivity index is 0.000000500. The van der Waals surface area contributed by atoms with Crippen LogP contribution in [0.4, 0.5) is 0 Å². The van der Waals surface area contributed by atoms with Crippen molar-refractivity contribution in [2.75, 3.05) is 0 Å². The third kappa shape index (κ3) is 4.03. The standard InChI is InChI=1S/C6H2Cl4O.H2O.O.Ti/c7-2-1-3(11)5(9)6(10)4(2)8;;;/h1,11H;1H2;;/q;;;+1/p-1. The molecule has 0 saturated heterocycles. The Labute approximate surface area is 109 Å². The Morgan fingerprint density at radius 1 is 1.07 bits per heavy atom. The topological polar surface area (TPSA) is 57.5 Å². The van der Waals surface area contributed by atoms with Gasteiger partial charge in [-0.05, 0) is 0 Å². The molecule has 3 nitrogen and oxygen atoms in total. The summed E-state index contributed by atoms with van der Waals surface area (Å²) >= 11 is 20.5. The van der Waals surface area contributed by atoms with Crippen LogP contribution in [0.5, 0.6) is 5.75 Å². The summed E-state index contributed by atoms with van der Waals surface area (Å²) in [5.41, 5.74) is 0. The van der Waals surface area contributed by atoms with E-state index in [1.807, 2.05) is 0 Å². The quantitative estimate of drug-likeness (QED) is 0.439. The van der Waals surface area contributed by atoms with Gasteiger partial charge in [-0.15, -0.1) is 0 Å². The normalized spacial score (nSPS) is 8.64. The Morgan fingerprint density at radius 3 is 1.93 bits per heavy atom. The van der Waals surface area contributed by atoms with Gasteiger partial charge < -0.3 is 5.11 Å². The summed E-state index contributed by atoms with van der Waals surface area (Å²) in [4.78, 5) is 0. The molecule has 0 unspecified atom stereocenters. The van der Waals surface area contributed by atoms with Crippen LogP contribution in [0.25, 0.3) is 0 Å². The summed E-state index contributed by atoms with van der Waals surface area (Å²) in [6, 6.07) is 1.23. The molecule has 0 spiro atoms. The van der Waals surface area contributed by atoms with Crippen LogP contribution in [0.2, 0.25) is 20.1 Å². The van der Waals surface area contributed by atoms with E-state index >= 15 is 0 Å². The van der Waals surface area contributed by atoms with Gasteiger partial charge in [-0.3, -0.25) is 0 Å². The van der Waals surface area contributed by atoms with E-state index in [2.05, 4.69) is 0 Å². The number of hydrogen-bond donors (Lipinski definition) is 2. The van der Waals surface area contributed by atoms with Gasteiger partial charge in [0.2, 0.25) is 0 Å². The Morgan fingerprint density at radius 2 is 1.50 bits per heavy atom. The summed E-state index contributed by atoms with van der Waals surface area (Å²) in [5.74, 6) is -0.175. The van der Waals surface area contributed by atoms with Crippen LogP contribution in [0.15, 0.2) is 6.07 Å².